The molecule has 0 aliphatic carbocycles. The van der Waals surface area contributed by atoms with Gasteiger partial charge in [0, 0.05) is 17.2 Å². The Labute approximate surface area is 121 Å². The smallest absolute Gasteiger partial charge is 0.0595 e. The molecule has 18 heavy (non-hydrogen) atoms. The molecule has 0 radical (unpaired) electrons. The molecule has 0 fully saturated rings. The molecule has 0 aliphatic heterocycles. The highest BCUT2D eigenvalue weighted by Crippen LogP contribution is 2.25. The summed E-state index contributed by atoms with van der Waals surface area (Å²) in [7, 11) is 0. The third-order valence-corrected chi connectivity index (χ3v) is 4.32. The Morgan fingerprint density at radius 1 is 0.833 bits per heavy atom. The summed E-state index contributed by atoms with van der Waals surface area (Å²) in [5.41, 5.74) is 8.90. The zero-order chi connectivity index (χ0) is 13.0. The minimum atomic E-state index is 0.601. The van der Waals surface area contributed by atoms with Crippen LogP contribution in [0.3, 0.4) is 0 Å². The Hall–Kier alpha value is -0.830. The zero-order valence-electron chi connectivity index (χ0n) is 9.70. The number of thioether (sulfide) groups is 1. The molecule has 0 aliphatic rings. The molecule has 2 rings (SSSR count). The molecule has 0 bridgehead atoms. The maximum Gasteiger partial charge on any atom is 0.0595 e. The van der Waals surface area contributed by atoms with Gasteiger partial charge in [-0.15, -0.1) is 0 Å². The van der Waals surface area contributed by atoms with Gasteiger partial charge in [-0.1, -0.05) is 41.4 Å². The van der Waals surface area contributed by atoms with E-state index in [9.17, 15) is 0 Å². The number of anilines is 1. The number of rotatable bonds is 4. The Balaban J connectivity index is 1.88. The summed E-state index contributed by atoms with van der Waals surface area (Å²) in [4.78, 5) is 0. The molecule has 0 unspecified atom stereocenters. The van der Waals surface area contributed by atoms with Gasteiger partial charge < -0.3 is 5.73 Å². The van der Waals surface area contributed by atoms with Crippen LogP contribution in [0.2, 0.25) is 10.0 Å². The predicted octanol–water partition coefficient (Wildman–Crippen LogP) is 5.01. The van der Waals surface area contributed by atoms with Crippen molar-refractivity contribution in [1.29, 1.82) is 0 Å². The average molecular weight is 298 g/mol. The summed E-state index contributed by atoms with van der Waals surface area (Å²) >= 11 is 13.7. The van der Waals surface area contributed by atoms with Gasteiger partial charge in [0.25, 0.3) is 0 Å². The van der Waals surface area contributed by atoms with Crippen molar-refractivity contribution in [2.24, 2.45) is 0 Å². The molecule has 4 heteroatoms. The van der Waals surface area contributed by atoms with Crippen LogP contribution >= 0.6 is 35.0 Å². The van der Waals surface area contributed by atoms with E-state index in [2.05, 4.69) is 12.1 Å². The van der Waals surface area contributed by atoms with Crippen LogP contribution in [0.25, 0.3) is 0 Å². The number of halogens is 2. The SMILES string of the molecule is Nc1ccc(CSCc2ccc(Cl)c(Cl)c2)cc1. The van der Waals surface area contributed by atoms with E-state index in [0.29, 0.717) is 10.0 Å². The fourth-order valence-corrected chi connectivity index (χ4v) is 2.80. The molecule has 94 valence electrons. The van der Waals surface area contributed by atoms with E-state index < -0.39 is 0 Å². The second-order valence-electron chi connectivity index (χ2n) is 3.98. The maximum absolute atomic E-state index is 5.97. The first-order valence-corrected chi connectivity index (χ1v) is 7.42. The van der Waals surface area contributed by atoms with Gasteiger partial charge in [0.1, 0.15) is 0 Å². The highest BCUT2D eigenvalue weighted by Gasteiger charge is 2.00. The molecular weight excluding hydrogens is 285 g/mol. The molecule has 2 N–H and O–H groups in total. The van der Waals surface area contributed by atoms with E-state index in [1.54, 1.807) is 0 Å². The normalized spacial score (nSPS) is 10.6. The average Bonchev–Trinajstić information content (AvgIpc) is 2.36. The third-order valence-electron chi connectivity index (χ3n) is 2.50. The highest BCUT2D eigenvalue weighted by molar-refractivity contribution is 7.97. The van der Waals surface area contributed by atoms with Crippen LogP contribution in [0, 0.1) is 0 Å². The van der Waals surface area contributed by atoms with E-state index in [4.69, 9.17) is 28.9 Å². The third kappa shape index (κ3) is 3.84. The topological polar surface area (TPSA) is 26.0 Å². The van der Waals surface area contributed by atoms with Crippen molar-refractivity contribution in [3.8, 4) is 0 Å². The molecular formula is C14H13Cl2NS. The highest BCUT2D eigenvalue weighted by atomic mass is 35.5. The first kappa shape index (κ1) is 13.6. The van der Waals surface area contributed by atoms with Crippen molar-refractivity contribution in [3.63, 3.8) is 0 Å². The van der Waals surface area contributed by atoms with Gasteiger partial charge in [0.15, 0.2) is 0 Å². The first-order chi connectivity index (χ1) is 8.65. The monoisotopic (exact) mass is 297 g/mol. The molecule has 2 aromatic carbocycles. The van der Waals surface area contributed by atoms with E-state index in [0.717, 1.165) is 17.2 Å². The van der Waals surface area contributed by atoms with Crippen LogP contribution in [0.4, 0.5) is 5.69 Å². The molecule has 0 atom stereocenters. The van der Waals surface area contributed by atoms with E-state index in [-0.39, 0.29) is 0 Å². The molecule has 0 spiro atoms. The molecule has 0 heterocycles. The maximum atomic E-state index is 5.97. The van der Waals surface area contributed by atoms with Crippen molar-refractivity contribution in [2.45, 2.75) is 11.5 Å². The standard InChI is InChI=1S/C14H13Cl2NS/c15-13-6-3-11(7-14(13)16)9-18-8-10-1-4-12(17)5-2-10/h1-7H,8-9,17H2. The minimum absolute atomic E-state index is 0.601. The van der Waals surface area contributed by atoms with Gasteiger partial charge in [0.05, 0.1) is 10.0 Å². The van der Waals surface area contributed by atoms with Crippen LogP contribution in [-0.4, -0.2) is 0 Å². The largest absolute Gasteiger partial charge is 0.399 e. The number of nitrogens with two attached hydrogens (primary N) is 1. The molecule has 2 aromatic rings. The lowest BCUT2D eigenvalue weighted by molar-refractivity contribution is 1.36. The summed E-state index contributed by atoms with van der Waals surface area (Å²) in [6.45, 7) is 0. The van der Waals surface area contributed by atoms with Crippen molar-refractivity contribution >= 4 is 40.7 Å². The summed E-state index contributed by atoms with van der Waals surface area (Å²) < 4.78 is 0. The van der Waals surface area contributed by atoms with Gasteiger partial charge in [0.2, 0.25) is 0 Å². The van der Waals surface area contributed by atoms with Crippen LogP contribution in [0.1, 0.15) is 11.1 Å². The van der Waals surface area contributed by atoms with Crippen molar-refractivity contribution in [1.82, 2.24) is 0 Å². The van der Waals surface area contributed by atoms with Gasteiger partial charge in [-0.05, 0) is 35.4 Å². The minimum Gasteiger partial charge on any atom is -0.399 e. The summed E-state index contributed by atoms with van der Waals surface area (Å²) in [6.07, 6.45) is 0. The predicted molar refractivity (Wildman–Crippen MR) is 82.3 cm³/mol. The Bertz CT molecular complexity index is 526. The quantitative estimate of drug-likeness (QED) is 0.803. The summed E-state index contributed by atoms with van der Waals surface area (Å²) in [6, 6.07) is 13.7. The van der Waals surface area contributed by atoms with Gasteiger partial charge in [-0.25, -0.2) is 0 Å². The van der Waals surface area contributed by atoms with E-state index >= 15 is 0 Å². The van der Waals surface area contributed by atoms with Gasteiger partial charge >= 0.3 is 0 Å². The summed E-state index contributed by atoms with van der Waals surface area (Å²) in [5, 5.41) is 1.21. The fourth-order valence-electron chi connectivity index (χ4n) is 1.53. The van der Waals surface area contributed by atoms with E-state index in [1.807, 2.05) is 42.1 Å². The zero-order valence-corrected chi connectivity index (χ0v) is 12.0. The first-order valence-electron chi connectivity index (χ1n) is 5.51. The lowest BCUT2D eigenvalue weighted by atomic mass is 10.2. The summed E-state index contributed by atoms with van der Waals surface area (Å²) in [5.74, 6) is 1.88. The van der Waals surface area contributed by atoms with Crippen LogP contribution in [0.5, 0.6) is 0 Å². The molecule has 0 amide bonds. The second-order valence-corrected chi connectivity index (χ2v) is 5.78. The van der Waals surface area contributed by atoms with Crippen molar-refractivity contribution in [2.75, 3.05) is 5.73 Å². The Morgan fingerprint density at radius 3 is 2.11 bits per heavy atom. The van der Waals surface area contributed by atoms with Crippen molar-refractivity contribution < 1.29 is 0 Å². The molecule has 0 aromatic heterocycles. The van der Waals surface area contributed by atoms with Crippen LogP contribution in [0.15, 0.2) is 42.5 Å². The number of hydrogen-bond acceptors (Lipinski definition) is 2. The lowest BCUT2D eigenvalue weighted by Crippen LogP contribution is -1.86. The second kappa shape index (κ2) is 6.37. The van der Waals surface area contributed by atoms with E-state index in [1.165, 1.54) is 11.1 Å². The number of benzene rings is 2. The fraction of sp³-hybridized carbons (Fsp3) is 0.143. The van der Waals surface area contributed by atoms with Crippen LogP contribution < -0.4 is 5.73 Å². The van der Waals surface area contributed by atoms with Gasteiger partial charge in [-0.3, -0.25) is 0 Å². The number of hydrogen-bond donors (Lipinski definition) is 1. The molecule has 0 saturated carbocycles. The molecule has 0 saturated heterocycles. The Kier molecular flexibility index (Phi) is 4.81. The Morgan fingerprint density at radius 2 is 1.44 bits per heavy atom. The van der Waals surface area contributed by atoms with Crippen molar-refractivity contribution in [3.05, 3.63) is 63.6 Å². The van der Waals surface area contributed by atoms with Crippen LogP contribution in [-0.2, 0) is 11.5 Å². The molecule has 1 nitrogen and oxygen atoms in total. The lowest BCUT2D eigenvalue weighted by Gasteiger charge is -2.04. The number of nitrogen functional groups attached to an aromatic ring is 1. The van der Waals surface area contributed by atoms with Gasteiger partial charge in [-0.2, -0.15) is 11.8 Å².